The smallest absolute Gasteiger partial charge is 0.239 e. The second kappa shape index (κ2) is 6.81. The van der Waals surface area contributed by atoms with Gasteiger partial charge in [-0.15, -0.1) is 0 Å². The highest BCUT2D eigenvalue weighted by atomic mass is 16.5. The summed E-state index contributed by atoms with van der Waals surface area (Å²) in [6.45, 7) is 0.754. The van der Waals surface area contributed by atoms with E-state index in [1.54, 1.807) is 43.5 Å². The summed E-state index contributed by atoms with van der Waals surface area (Å²) in [7, 11) is 1.57. The molecule has 5 rings (SSSR count). The van der Waals surface area contributed by atoms with Gasteiger partial charge in [-0.3, -0.25) is 19.3 Å². The van der Waals surface area contributed by atoms with Crippen molar-refractivity contribution in [2.45, 2.75) is 24.9 Å². The SMILES string of the molecule is COc1ccc(N2C(=O)[C@@H]3[C@H](C2=O)[C@@H](C(=O)c2ccccc2)N2CCC[C@@H]32)cc1. The number of carbonyl (C=O) groups is 3. The van der Waals surface area contributed by atoms with Crippen molar-refractivity contribution in [2.75, 3.05) is 18.6 Å². The molecule has 0 saturated carbocycles. The van der Waals surface area contributed by atoms with Gasteiger partial charge in [0.1, 0.15) is 5.75 Å². The molecule has 0 N–H and O–H groups in total. The highest BCUT2D eigenvalue weighted by Crippen LogP contribution is 2.48. The average molecular weight is 390 g/mol. The molecule has 0 aromatic heterocycles. The minimum absolute atomic E-state index is 0.0441. The van der Waals surface area contributed by atoms with Gasteiger partial charge in [-0.05, 0) is 43.7 Å². The van der Waals surface area contributed by atoms with Crippen LogP contribution >= 0.6 is 0 Å². The Labute approximate surface area is 169 Å². The molecule has 3 aliphatic rings. The highest BCUT2D eigenvalue weighted by molar-refractivity contribution is 6.24. The van der Waals surface area contributed by atoms with Crippen molar-refractivity contribution in [1.29, 1.82) is 0 Å². The zero-order chi connectivity index (χ0) is 20.1. The summed E-state index contributed by atoms with van der Waals surface area (Å²) in [6.07, 6.45) is 1.78. The van der Waals surface area contributed by atoms with Crippen LogP contribution in [0.3, 0.4) is 0 Å². The van der Waals surface area contributed by atoms with Gasteiger partial charge in [0.2, 0.25) is 11.8 Å². The molecular formula is C23H22N2O4. The van der Waals surface area contributed by atoms with Crippen LogP contribution in [-0.2, 0) is 9.59 Å². The number of imide groups is 1. The van der Waals surface area contributed by atoms with Crippen molar-refractivity contribution in [3.05, 3.63) is 60.2 Å². The minimum atomic E-state index is -0.623. The van der Waals surface area contributed by atoms with Gasteiger partial charge >= 0.3 is 0 Å². The first-order valence-electron chi connectivity index (χ1n) is 9.98. The number of methoxy groups -OCH3 is 1. The molecule has 3 aliphatic heterocycles. The molecule has 2 aromatic carbocycles. The lowest BCUT2D eigenvalue weighted by Gasteiger charge is -2.27. The fourth-order valence-electron chi connectivity index (χ4n) is 5.27. The molecule has 0 unspecified atom stereocenters. The predicted octanol–water partition coefficient (Wildman–Crippen LogP) is 2.53. The van der Waals surface area contributed by atoms with E-state index >= 15 is 0 Å². The molecule has 0 radical (unpaired) electrons. The minimum Gasteiger partial charge on any atom is -0.497 e. The lowest BCUT2D eigenvalue weighted by molar-refractivity contribution is -0.123. The number of anilines is 1. The second-order valence-electron chi connectivity index (χ2n) is 7.88. The molecular weight excluding hydrogens is 368 g/mol. The third-order valence-electron chi connectivity index (χ3n) is 6.51. The van der Waals surface area contributed by atoms with Crippen LogP contribution in [0.4, 0.5) is 5.69 Å². The van der Waals surface area contributed by atoms with E-state index in [0.29, 0.717) is 17.0 Å². The monoisotopic (exact) mass is 390 g/mol. The molecule has 29 heavy (non-hydrogen) atoms. The Morgan fingerprint density at radius 1 is 0.966 bits per heavy atom. The number of Topliss-reactive ketones (excluding diaryl/α,β-unsaturated/α-hetero) is 1. The van der Waals surface area contributed by atoms with Crippen molar-refractivity contribution in [3.8, 4) is 5.75 Å². The Hall–Kier alpha value is -2.99. The molecule has 4 atom stereocenters. The van der Waals surface area contributed by atoms with Crippen molar-refractivity contribution < 1.29 is 19.1 Å². The van der Waals surface area contributed by atoms with E-state index in [-0.39, 0.29) is 23.6 Å². The molecule has 148 valence electrons. The van der Waals surface area contributed by atoms with Gasteiger partial charge in [0.05, 0.1) is 30.7 Å². The standard InChI is InChI=1S/C23H22N2O4/c1-29-16-11-9-15(10-12-16)25-22(27)18-17-8-5-13-24(17)20(19(18)23(25)28)21(26)14-6-3-2-4-7-14/h2-4,6-7,9-12,17-20H,5,8,13H2,1H3/t17-,18-,19-,20-/m0/s1. The van der Waals surface area contributed by atoms with E-state index in [0.717, 1.165) is 19.4 Å². The van der Waals surface area contributed by atoms with Crippen molar-refractivity contribution in [1.82, 2.24) is 4.90 Å². The fourth-order valence-corrected chi connectivity index (χ4v) is 5.27. The number of rotatable bonds is 4. The van der Waals surface area contributed by atoms with E-state index in [1.807, 2.05) is 18.2 Å². The Kier molecular flexibility index (Phi) is 4.24. The van der Waals surface area contributed by atoms with Crippen LogP contribution in [0.15, 0.2) is 54.6 Å². The van der Waals surface area contributed by atoms with Crippen LogP contribution in [-0.4, -0.2) is 48.2 Å². The van der Waals surface area contributed by atoms with Gasteiger partial charge in [-0.2, -0.15) is 0 Å². The molecule has 2 amide bonds. The summed E-state index contributed by atoms with van der Waals surface area (Å²) >= 11 is 0. The number of ether oxygens (including phenoxy) is 1. The van der Waals surface area contributed by atoms with E-state index in [9.17, 15) is 14.4 Å². The van der Waals surface area contributed by atoms with Crippen LogP contribution < -0.4 is 9.64 Å². The van der Waals surface area contributed by atoms with Crippen LogP contribution in [0.25, 0.3) is 0 Å². The molecule has 3 saturated heterocycles. The maximum absolute atomic E-state index is 13.4. The van der Waals surface area contributed by atoms with Crippen LogP contribution in [0, 0.1) is 11.8 Å². The van der Waals surface area contributed by atoms with E-state index in [1.165, 1.54) is 4.90 Å². The fraction of sp³-hybridized carbons (Fsp3) is 0.348. The molecule has 0 spiro atoms. The Balaban J connectivity index is 1.53. The summed E-state index contributed by atoms with van der Waals surface area (Å²) in [5, 5.41) is 0. The predicted molar refractivity (Wildman–Crippen MR) is 107 cm³/mol. The van der Waals surface area contributed by atoms with Gasteiger partial charge in [-0.25, -0.2) is 4.90 Å². The quantitative estimate of drug-likeness (QED) is 0.593. The molecule has 3 fully saturated rings. The van der Waals surface area contributed by atoms with Crippen LogP contribution in [0.1, 0.15) is 23.2 Å². The van der Waals surface area contributed by atoms with Gasteiger partial charge in [-0.1, -0.05) is 30.3 Å². The van der Waals surface area contributed by atoms with Gasteiger partial charge in [0.25, 0.3) is 0 Å². The van der Waals surface area contributed by atoms with E-state index in [2.05, 4.69) is 4.90 Å². The molecule has 3 heterocycles. The molecule has 0 aliphatic carbocycles. The van der Waals surface area contributed by atoms with Gasteiger partial charge < -0.3 is 4.74 Å². The Morgan fingerprint density at radius 3 is 2.34 bits per heavy atom. The van der Waals surface area contributed by atoms with Crippen molar-refractivity contribution in [3.63, 3.8) is 0 Å². The Morgan fingerprint density at radius 2 is 1.66 bits per heavy atom. The lowest BCUT2D eigenvalue weighted by Crippen LogP contribution is -2.46. The number of fused-ring (bicyclic) bond motifs is 3. The summed E-state index contributed by atoms with van der Waals surface area (Å²) in [4.78, 5) is 43.5. The van der Waals surface area contributed by atoms with E-state index in [4.69, 9.17) is 4.74 Å². The zero-order valence-electron chi connectivity index (χ0n) is 16.2. The van der Waals surface area contributed by atoms with Gasteiger partial charge in [0, 0.05) is 11.6 Å². The zero-order valence-corrected chi connectivity index (χ0v) is 16.2. The van der Waals surface area contributed by atoms with Crippen LogP contribution in [0.5, 0.6) is 5.75 Å². The van der Waals surface area contributed by atoms with Crippen molar-refractivity contribution in [2.24, 2.45) is 11.8 Å². The largest absolute Gasteiger partial charge is 0.497 e. The first-order chi connectivity index (χ1) is 14.1. The Bertz CT molecular complexity index is 972. The molecule has 6 heteroatoms. The molecule has 6 nitrogen and oxygen atoms in total. The first kappa shape index (κ1) is 18.1. The summed E-state index contributed by atoms with van der Waals surface area (Å²) in [5.74, 6) is -0.943. The molecule has 0 bridgehead atoms. The normalized spacial score (nSPS) is 28.5. The van der Waals surface area contributed by atoms with Crippen molar-refractivity contribution >= 4 is 23.3 Å². The second-order valence-corrected chi connectivity index (χ2v) is 7.88. The number of ketones is 1. The lowest BCUT2D eigenvalue weighted by atomic mass is 9.85. The summed E-state index contributed by atoms with van der Waals surface area (Å²) in [6, 6.07) is 15.4. The number of hydrogen-bond donors (Lipinski definition) is 0. The van der Waals surface area contributed by atoms with E-state index < -0.39 is 17.9 Å². The number of hydrogen-bond acceptors (Lipinski definition) is 5. The third kappa shape index (κ3) is 2.63. The number of nitrogens with zero attached hydrogens (tertiary/aromatic N) is 2. The number of carbonyl (C=O) groups excluding carboxylic acids is 3. The maximum atomic E-state index is 13.4. The summed E-state index contributed by atoms with van der Waals surface area (Å²) in [5.41, 5.74) is 1.12. The third-order valence-corrected chi connectivity index (χ3v) is 6.51. The molecule has 2 aromatic rings. The average Bonchev–Trinajstić information content (AvgIpc) is 3.40. The summed E-state index contributed by atoms with van der Waals surface area (Å²) < 4.78 is 5.17. The van der Waals surface area contributed by atoms with Gasteiger partial charge in [0.15, 0.2) is 5.78 Å². The highest BCUT2D eigenvalue weighted by Gasteiger charge is 2.64. The number of amides is 2. The topological polar surface area (TPSA) is 66.9 Å². The van der Waals surface area contributed by atoms with Crippen LogP contribution in [0.2, 0.25) is 0 Å². The maximum Gasteiger partial charge on any atom is 0.239 e. The first-order valence-corrected chi connectivity index (χ1v) is 9.98. The number of benzene rings is 2.